The van der Waals surface area contributed by atoms with Gasteiger partial charge in [-0.15, -0.1) is 0 Å². The van der Waals surface area contributed by atoms with Crippen molar-refractivity contribution in [2.45, 2.75) is 15.4 Å². The van der Waals surface area contributed by atoms with Crippen molar-refractivity contribution in [2.75, 3.05) is 0 Å². The van der Waals surface area contributed by atoms with Crippen LogP contribution in [0.1, 0.15) is 12.0 Å². The summed E-state index contributed by atoms with van der Waals surface area (Å²) in [6.07, 6.45) is -0.316. The van der Waals surface area contributed by atoms with Gasteiger partial charge in [-0.05, 0) is 60.3 Å². The number of imide groups is 1. The van der Waals surface area contributed by atoms with Gasteiger partial charge in [-0.1, -0.05) is 43.7 Å². The lowest BCUT2D eigenvalue weighted by molar-refractivity contribution is -0.119. The Morgan fingerprint density at radius 1 is 0.963 bits per heavy atom. The molecule has 3 rings (SSSR count). The van der Waals surface area contributed by atoms with E-state index >= 15 is 0 Å². The zero-order valence-corrected chi connectivity index (χ0v) is 18.3. The van der Waals surface area contributed by atoms with E-state index in [9.17, 15) is 18.0 Å². The Morgan fingerprint density at radius 3 is 2.04 bits per heavy atom. The Hall–Kier alpha value is -1.60. The van der Waals surface area contributed by atoms with Crippen molar-refractivity contribution in [1.29, 1.82) is 0 Å². The van der Waals surface area contributed by atoms with Gasteiger partial charge >= 0.3 is 0 Å². The summed E-state index contributed by atoms with van der Waals surface area (Å²) >= 11 is 7.02. The molecule has 0 radical (unpaired) electrons. The molecule has 1 atom stereocenters. The van der Waals surface area contributed by atoms with E-state index < -0.39 is 25.1 Å². The first kappa shape index (κ1) is 20.1. The highest BCUT2D eigenvalue weighted by atomic mass is 79.9. The van der Waals surface area contributed by atoms with Gasteiger partial charge in [-0.25, -0.2) is 8.42 Å². The summed E-state index contributed by atoms with van der Waals surface area (Å²) in [7, 11) is -4.16. The van der Waals surface area contributed by atoms with Gasteiger partial charge in [-0.2, -0.15) is 0 Å². The molecule has 2 aromatic carbocycles. The fraction of sp³-hybridized carbons (Fsp3) is 0.111. The number of sulfone groups is 1. The Bertz CT molecular complexity index is 1070. The molecule has 27 heavy (non-hydrogen) atoms. The van der Waals surface area contributed by atoms with Crippen LogP contribution in [0.4, 0.5) is 4.79 Å². The highest BCUT2D eigenvalue weighted by Gasteiger charge is 2.58. The summed E-state index contributed by atoms with van der Waals surface area (Å²) in [6, 6.07) is 13.0. The smallest absolute Gasteiger partial charge is 0.285 e. The summed E-state index contributed by atoms with van der Waals surface area (Å²) in [4.78, 5) is 24.2. The molecular weight excluding hydrogens is 518 g/mol. The zero-order chi connectivity index (χ0) is 19.7. The molecule has 0 spiro atoms. The van der Waals surface area contributed by atoms with Gasteiger partial charge in [0.25, 0.3) is 11.1 Å². The minimum atomic E-state index is -4.16. The number of rotatable bonds is 3. The number of amides is 2. The van der Waals surface area contributed by atoms with E-state index in [1.807, 2.05) is 0 Å². The lowest BCUT2D eigenvalue weighted by Gasteiger charge is -2.22. The minimum Gasteiger partial charge on any atom is -0.285 e. The fourth-order valence-corrected chi connectivity index (χ4v) is 6.04. The molecule has 5 nitrogen and oxygen atoms in total. The van der Waals surface area contributed by atoms with Crippen molar-refractivity contribution in [3.8, 4) is 11.8 Å². The van der Waals surface area contributed by atoms with E-state index in [1.54, 1.807) is 36.4 Å². The topological polar surface area (TPSA) is 80.3 Å². The quantitative estimate of drug-likeness (QED) is 0.606. The molecule has 1 N–H and O–H groups in total. The second-order valence-corrected chi connectivity index (χ2v) is 11.1. The summed E-state index contributed by atoms with van der Waals surface area (Å²) in [5.41, 5.74) is 0.670. The number of hydrogen-bond donors (Lipinski definition) is 1. The average Bonchev–Trinajstić information content (AvgIpc) is 2.92. The largest absolute Gasteiger partial charge is 0.287 e. The SMILES string of the molecule is O=C1NC(=O)C(CC#Cc2ccc(Br)cc2)(S(=O)(=O)c2ccc(Br)cc2)S1. The van der Waals surface area contributed by atoms with Crippen molar-refractivity contribution >= 4 is 64.6 Å². The number of nitrogens with one attached hydrogen (secondary N) is 1. The van der Waals surface area contributed by atoms with Crippen LogP contribution < -0.4 is 5.32 Å². The number of benzene rings is 2. The van der Waals surface area contributed by atoms with Gasteiger partial charge in [0, 0.05) is 20.9 Å². The van der Waals surface area contributed by atoms with E-state index in [-0.39, 0.29) is 11.3 Å². The maximum atomic E-state index is 13.2. The number of carbonyl (C=O) groups excluding carboxylic acids is 2. The van der Waals surface area contributed by atoms with Crippen molar-refractivity contribution in [3.05, 3.63) is 63.0 Å². The Balaban J connectivity index is 2.01. The van der Waals surface area contributed by atoms with Crippen LogP contribution in [0, 0.1) is 11.8 Å². The maximum Gasteiger partial charge on any atom is 0.287 e. The predicted molar refractivity (Wildman–Crippen MR) is 111 cm³/mol. The number of carbonyl (C=O) groups is 2. The first-order valence-corrected chi connectivity index (χ1v) is 11.4. The Kier molecular flexibility index (Phi) is 5.82. The molecule has 138 valence electrons. The molecule has 1 aliphatic rings. The molecule has 1 fully saturated rings. The molecule has 2 aromatic rings. The zero-order valence-electron chi connectivity index (χ0n) is 13.5. The molecule has 9 heteroatoms. The standard InChI is InChI=1S/C18H11Br2NO4S2/c19-13-5-3-12(4-6-13)2-1-11-18(16(22)21-17(23)26-18)27(24,25)15-9-7-14(20)8-10-15/h3-10H,11H2,(H,21,22,23). The number of thioether (sulfide) groups is 1. The average molecular weight is 529 g/mol. The molecule has 1 saturated heterocycles. The molecule has 0 saturated carbocycles. The van der Waals surface area contributed by atoms with Crippen molar-refractivity contribution in [3.63, 3.8) is 0 Å². The monoisotopic (exact) mass is 527 g/mol. The van der Waals surface area contributed by atoms with Gasteiger partial charge in [0.05, 0.1) is 4.90 Å². The first-order chi connectivity index (χ1) is 12.7. The lowest BCUT2D eigenvalue weighted by atomic mass is 10.2. The summed E-state index contributed by atoms with van der Waals surface area (Å²) in [6.45, 7) is 0. The van der Waals surface area contributed by atoms with Crippen molar-refractivity contribution in [2.24, 2.45) is 0 Å². The van der Waals surface area contributed by atoms with Crippen LogP contribution in [-0.4, -0.2) is 23.6 Å². The second-order valence-electron chi connectivity index (χ2n) is 5.54. The second kappa shape index (κ2) is 7.80. The summed E-state index contributed by atoms with van der Waals surface area (Å²) < 4.78 is 25.9. The third-order valence-corrected chi connectivity index (χ3v) is 8.78. The third-order valence-electron chi connectivity index (χ3n) is 3.78. The van der Waals surface area contributed by atoms with Crippen molar-refractivity contribution in [1.82, 2.24) is 5.32 Å². The number of halogens is 2. The van der Waals surface area contributed by atoms with Crippen LogP contribution in [0.5, 0.6) is 0 Å². The van der Waals surface area contributed by atoms with Gasteiger partial charge in [0.1, 0.15) is 0 Å². The Morgan fingerprint density at radius 2 is 1.52 bits per heavy atom. The normalized spacial score (nSPS) is 19.3. The summed E-state index contributed by atoms with van der Waals surface area (Å²) in [5, 5.41) is 1.37. The van der Waals surface area contributed by atoms with E-state index in [1.165, 1.54) is 12.1 Å². The molecule has 0 aliphatic carbocycles. The van der Waals surface area contributed by atoms with Crippen LogP contribution in [0.25, 0.3) is 0 Å². The van der Waals surface area contributed by atoms with Crippen molar-refractivity contribution < 1.29 is 18.0 Å². The lowest BCUT2D eigenvalue weighted by Crippen LogP contribution is -2.43. The molecule has 0 aromatic heterocycles. The summed E-state index contributed by atoms with van der Waals surface area (Å²) in [5.74, 6) is 4.73. The van der Waals surface area contributed by atoms with E-state index in [0.29, 0.717) is 21.8 Å². The van der Waals surface area contributed by atoms with Crippen LogP contribution >= 0.6 is 43.6 Å². The van der Waals surface area contributed by atoms with Gasteiger partial charge < -0.3 is 0 Å². The van der Waals surface area contributed by atoms with Gasteiger partial charge in [0.15, 0.2) is 0 Å². The minimum absolute atomic E-state index is 0.0477. The fourth-order valence-electron chi connectivity index (χ4n) is 2.40. The van der Waals surface area contributed by atoms with Gasteiger partial charge in [0.2, 0.25) is 13.9 Å². The molecule has 1 aliphatic heterocycles. The first-order valence-electron chi connectivity index (χ1n) is 7.54. The van der Waals surface area contributed by atoms with Crippen LogP contribution in [0.3, 0.4) is 0 Å². The van der Waals surface area contributed by atoms with Crippen LogP contribution in [0.15, 0.2) is 62.4 Å². The van der Waals surface area contributed by atoms with E-state index in [2.05, 4.69) is 49.0 Å². The molecular formula is C18H11Br2NO4S2. The van der Waals surface area contributed by atoms with Crippen LogP contribution in [-0.2, 0) is 14.6 Å². The third kappa shape index (κ3) is 3.99. The maximum absolute atomic E-state index is 13.2. The van der Waals surface area contributed by atoms with Gasteiger partial charge in [-0.3, -0.25) is 14.9 Å². The highest BCUT2D eigenvalue weighted by Crippen LogP contribution is 2.43. The Labute approximate surface area is 177 Å². The highest BCUT2D eigenvalue weighted by molar-refractivity contribution is 9.10. The van der Waals surface area contributed by atoms with E-state index in [0.717, 1.165) is 4.47 Å². The van der Waals surface area contributed by atoms with Crippen LogP contribution in [0.2, 0.25) is 0 Å². The van der Waals surface area contributed by atoms with E-state index in [4.69, 9.17) is 0 Å². The molecule has 0 bridgehead atoms. The molecule has 1 heterocycles. The predicted octanol–water partition coefficient (Wildman–Crippen LogP) is 4.11. The molecule has 1 unspecified atom stereocenters. The molecule has 2 amide bonds. The number of hydrogen-bond acceptors (Lipinski definition) is 5.